The van der Waals surface area contributed by atoms with Gasteiger partial charge in [-0.1, -0.05) is 11.6 Å². The number of hydrogen-bond donors (Lipinski definition) is 1. The van der Waals surface area contributed by atoms with Crippen molar-refractivity contribution in [3.63, 3.8) is 0 Å². The van der Waals surface area contributed by atoms with E-state index in [1.165, 1.54) is 12.8 Å². The molecule has 1 unspecified atom stereocenters. The van der Waals surface area contributed by atoms with Gasteiger partial charge in [0, 0.05) is 31.7 Å². The van der Waals surface area contributed by atoms with Crippen LogP contribution in [-0.4, -0.2) is 35.6 Å². The summed E-state index contributed by atoms with van der Waals surface area (Å²) in [4.78, 5) is 0. The van der Waals surface area contributed by atoms with Crippen LogP contribution < -0.4 is 5.32 Å². The molecule has 5 heteroatoms. The Kier molecular flexibility index (Phi) is 3.58. The van der Waals surface area contributed by atoms with Crippen molar-refractivity contribution in [1.29, 1.82) is 0 Å². The first kappa shape index (κ1) is 13.4. The van der Waals surface area contributed by atoms with Gasteiger partial charge in [-0.25, -0.2) is 0 Å². The third-order valence-corrected chi connectivity index (χ3v) is 4.82. The van der Waals surface area contributed by atoms with E-state index in [-0.39, 0.29) is 5.41 Å². The minimum Gasteiger partial charge on any atom is -0.381 e. The Bertz CT molecular complexity index is 462. The molecule has 0 bridgehead atoms. The van der Waals surface area contributed by atoms with Gasteiger partial charge in [0.1, 0.15) is 0 Å². The van der Waals surface area contributed by atoms with Gasteiger partial charge in [-0.05, 0) is 32.6 Å². The lowest BCUT2D eigenvalue weighted by atomic mass is 9.82. The molecule has 0 aromatic carbocycles. The fourth-order valence-electron chi connectivity index (χ4n) is 2.87. The Morgan fingerprint density at radius 1 is 1.53 bits per heavy atom. The standard InChI is InChI=1S/C14H22ClN3O/c1-10-13(15)12(18(2)17-10)7-14(5-6-19-9-14)8-16-11-3-4-11/h11,16H,3-9H2,1-2H3. The molecule has 1 atom stereocenters. The molecule has 1 N–H and O–H groups in total. The lowest BCUT2D eigenvalue weighted by Crippen LogP contribution is -2.38. The van der Waals surface area contributed by atoms with Crippen molar-refractivity contribution in [3.8, 4) is 0 Å². The summed E-state index contributed by atoms with van der Waals surface area (Å²) in [7, 11) is 1.98. The first-order valence-corrected chi connectivity index (χ1v) is 7.47. The molecule has 0 spiro atoms. The normalized spacial score (nSPS) is 27.1. The van der Waals surface area contributed by atoms with Crippen molar-refractivity contribution in [2.75, 3.05) is 19.8 Å². The van der Waals surface area contributed by atoms with Crippen LogP contribution in [0.4, 0.5) is 0 Å². The Morgan fingerprint density at radius 3 is 2.84 bits per heavy atom. The molecule has 1 aliphatic heterocycles. The van der Waals surface area contributed by atoms with E-state index >= 15 is 0 Å². The van der Waals surface area contributed by atoms with E-state index in [1.807, 2.05) is 18.7 Å². The molecule has 2 aliphatic rings. The molecule has 1 saturated carbocycles. The smallest absolute Gasteiger partial charge is 0.0847 e. The summed E-state index contributed by atoms with van der Waals surface area (Å²) in [5.74, 6) is 0. The van der Waals surface area contributed by atoms with Crippen LogP contribution in [0.1, 0.15) is 30.7 Å². The van der Waals surface area contributed by atoms with Crippen LogP contribution in [0.3, 0.4) is 0 Å². The number of aromatic nitrogens is 2. The van der Waals surface area contributed by atoms with E-state index in [0.29, 0.717) is 0 Å². The van der Waals surface area contributed by atoms with Gasteiger partial charge in [0.25, 0.3) is 0 Å². The van der Waals surface area contributed by atoms with Crippen LogP contribution in [0.5, 0.6) is 0 Å². The Labute approximate surface area is 119 Å². The van der Waals surface area contributed by atoms with Crippen molar-refractivity contribution in [1.82, 2.24) is 15.1 Å². The van der Waals surface area contributed by atoms with Crippen LogP contribution >= 0.6 is 11.6 Å². The summed E-state index contributed by atoms with van der Waals surface area (Å²) < 4.78 is 7.58. The highest BCUT2D eigenvalue weighted by molar-refractivity contribution is 6.31. The molecular formula is C14H22ClN3O. The van der Waals surface area contributed by atoms with Crippen molar-refractivity contribution in [2.24, 2.45) is 12.5 Å². The van der Waals surface area contributed by atoms with E-state index in [1.54, 1.807) is 0 Å². The van der Waals surface area contributed by atoms with Crippen LogP contribution in [0.25, 0.3) is 0 Å². The zero-order valence-electron chi connectivity index (χ0n) is 11.7. The van der Waals surface area contributed by atoms with Crippen molar-refractivity contribution in [3.05, 3.63) is 16.4 Å². The predicted molar refractivity (Wildman–Crippen MR) is 75.6 cm³/mol. The summed E-state index contributed by atoms with van der Waals surface area (Å²) in [5.41, 5.74) is 2.25. The average molecular weight is 284 g/mol. The van der Waals surface area contributed by atoms with Gasteiger partial charge in [0.2, 0.25) is 0 Å². The molecule has 1 saturated heterocycles. The van der Waals surface area contributed by atoms with Gasteiger partial charge in [0.05, 0.1) is 23.0 Å². The molecule has 106 valence electrons. The molecule has 2 fully saturated rings. The predicted octanol–water partition coefficient (Wildman–Crippen LogP) is 2.08. The molecule has 19 heavy (non-hydrogen) atoms. The highest BCUT2D eigenvalue weighted by Crippen LogP contribution is 2.35. The topological polar surface area (TPSA) is 39.1 Å². The van der Waals surface area contributed by atoms with Gasteiger partial charge in [-0.15, -0.1) is 0 Å². The second-order valence-corrected chi connectivity index (χ2v) is 6.48. The van der Waals surface area contributed by atoms with Crippen molar-refractivity contribution >= 4 is 11.6 Å². The molecular weight excluding hydrogens is 262 g/mol. The van der Waals surface area contributed by atoms with Crippen LogP contribution in [-0.2, 0) is 18.2 Å². The van der Waals surface area contributed by atoms with Crippen LogP contribution in [0, 0.1) is 12.3 Å². The third kappa shape index (κ3) is 2.81. The van der Waals surface area contributed by atoms with Gasteiger partial charge in [-0.2, -0.15) is 5.10 Å². The molecule has 0 radical (unpaired) electrons. The molecule has 0 amide bonds. The Hall–Kier alpha value is -0.580. The summed E-state index contributed by atoms with van der Waals surface area (Å²) in [6, 6.07) is 0.737. The number of ether oxygens (including phenoxy) is 1. The molecule has 1 aromatic heterocycles. The fraction of sp³-hybridized carbons (Fsp3) is 0.786. The second-order valence-electron chi connectivity index (χ2n) is 6.10. The fourth-order valence-corrected chi connectivity index (χ4v) is 3.09. The van der Waals surface area contributed by atoms with Gasteiger partial charge in [-0.3, -0.25) is 4.68 Å². The van der Waals surface area contributed by atoms with Crippen LogP contribution in [0.2, 0.25) is 5.02 Å². The number of aryl methyl sites for hydroxylation is 2. The number of rotatable bonds is 5. The zero-order chi connectivity index (χ0) is 13.5. The Morgan fingerprint density at radius 2 is 2.32 bits per heavy atom. The summed E-state index contributed by atoms with van der Waals surface area (Å²) in [6.45, 7) is 4.68. The van der Waals surface area contributed by atoms with Gasteiger partial charge in [0.15, 0.2) is 0 Å². The van der Waals surface area contributed by atoms with Crippen molar-refractivity contribution in [2.45, 2.75) is 38.6 Å². The number of halogens is 1. The zero-order valence-corrected chi connectivity index (χ0v) is 12.5. The minimum atomic E-state index is 0.187. The second kappa shape index (κ2) is 5.08. The van der Waals surface area contributed by atoms with E-state index in [2.05, 4.69) is 10.4 Å². The monoisotopic (exact) mass is 283 g/mol. The quantitative estimate of drug-likeness (QED) is 0.899. The number of nitrogens with zero attached hydrogens (tertiary/aromatic N) is 2. The van der Waals surface area contributed by atoms with E-state index in [9.17, 15) is 0 Å². The van der Waals surface area contributed by atoms with E-state index < -0.39 is 0 Å². The largest absolute Gasteiger partial charge is 0.381 e. The third-order valence-electron chi connectivity index (χ3n) is 4.33. The molecule has 4 nitrogen and oxygen atoms in total. The molecule has 3 rings (SSSR count). The van der Waals surface area contributed by atoms with Crippen molar-refractivity contribution < 1.29 is 4.74 Å². The summed E-state index contributed by atoms with van der Waals surface area (Å²) in [5, 5.41) is 8.89. The first-order valence-electron chi connectivity index (χ1n) is 7.09. The van der Waals surface area contributed by atoms with Gasteiger partial charge < -0.3 is 10.1 Å². The molecule has 2 heterocycles. The highest BCUT2D eigenvalue weighted by atomic mass is 35.5. The molecule has 1 aromatic rings. The average Bonchev–Trinajstić information content (AvgIpc) is 3.06. The molecule has 1 aliphatic carbocycles. The highest BCUT2D eigenvalue weighted by Gasteiger charge is 2.38. The van der Waals surface area contributed by atoms with E-state index in [4.69, 9.17) is 16.3 Å². The lowest BCUT2D eigenvalue weighted by Gasteiger charge is -2.28. The van der Waals surface area contributed by atoms with Crippen LogP contribution in [0.15, 0.2) is 0 Å². The SMILES string of the molecule is Cc1nn(C)c(CC2(CNC3CC3)CCOC2)c1Cl. The van der Waals surface area contributed by atoms with Gasteiger partial charge >= 0.3 is 0 Å². The maximum Gasteiger partial charge on any atom is 0.0847 e. The minimum absolute atomic E-state index is 0.187. The maximum absolute atomic E-state index is 6.38. The Balaban J connectivity index is 1.76. The van der Waals surface area contributed by atoms with E-state index in [0.717, 1.165) is 55.1 Å². The first-order chi connectivity index (χ1) is 9.10. The maximum atomic E-state index is 6.38. The number of nitrogens with one attached hydrogen (secondary N) is 1. The summed E-state index contributed by atoms with van der Waals surface area (Å²) >= 11 is 6.38. The number of hydrogen-bond acceptors (Lipinski definition) is 3. The lowest BCUT2D eigenvalue weighted by molar-refractivity contribution is 0.148. The summed E-state index contributed by atoms with van der Waals surface area (Å²) in [6.07, 6.45) is 4.70.